The molecule has 4 nitrogen and oxygen atoms in total. The number of alkyl halides is 2. The van der Waals surface area contributed by atoms with Crippen LogP contribution in [0.3, 0.4) is 0 Å². The van der Waals surface area contributed by atoms with Crippen LogP contribution in [0.25, 0.3) is 0 Å². The molecule has 0 atom stereocenters. The van der Waals surface area contributed by atoms with E-state index in [0.29, 0.717) is 12.1 Å². The first-order valence-corrected chi connectivity index (χ1v) is 8.92. The number of sulfone groups is 1. The summed E-state index contributed by atoms with van der Waals surface area (Å²) in [4.78, 5) is 12.1. The third-order valence-electron chi connectivity index (χ3n) is 3.56. The Hall–Kier alpha value is -2.28. The van der Waals surface area contributed by atoms with E-state index < -0.39 is 21.3 Å². The fraction of sp³-hybridized carbons (Fsp3) is 0.235. The standard InChI is InChI=1S/C17H17F2NO3S/c1-12-4-2-3-5-15(12)10-20-16(21)14-8-6-13(7-9-14)11-24(22,23)17(18)19/h2-9,17H,10-11H2,1H3,(H,20,21). The van der Waals surface area contributed by atoms with Crippen molar-refractivity contribution in [2.75, 3.05) is 0 Å². The zero-order chi connectivity index (χ0) is 17.7. The smallest absolute Gasteiger partial charge is 0.337 e. The number of carbonyl (C=O) groups is 1. The molecule has 0 heterocycles. The van der Waals surface area contributed by atoms with Crippen LogP contribution in [0.5, 0.6) is 0 Å². The molecule has 1 amide bonds. The van der Waals surface area contributed by atoms with E-state index in [0.717, 1.165) is 11.1 Å². The summed E-state index contributed by atoms with van der Waals surface area (Å²) in [5.74, 6) is -4.48. The summed E-state index contributed by atoms with van der Waals surface area (Å²) in [6.45, 7) is 2.31. The van der Waals surface area contributed by atoms with Crippen molar-refractivity contribution < 1.29 is 22.0 Å². The van der Waals surface area contributed by atoms with Crippen LogP contribution in [-0.2, 0) is 22.1 Å². The molecule has 0 spiro atoms. The number of rotatable bonds is 6. The maximum Gasteiger partial charge on any atom is 0.337 e. The van der Waals surface area contributed by atoms with Crippen LogP contribution >= 0.6 is 0 Å². The van der Waals surface area contributed by atoms with Gasteiger partial charge in [-0.15, -0.1) is 0 Å². The van der Waals surface area contributed by atoms with Gasteiger partial charge in [-0.05, 0) is 35.7 Å². The van der Waals surface area contributed by atoms with Crippen molar-refractivity contribution in [3.8, 4) is 0 Å². The quantitative estimate of drug-likeness (QED) is 0.868. The Morgan fingerprint density at radius 1 is 1.08 bits per heavy atom. The first kappa shape index (κ1) is 18.1. The maximum atomic E-state index is 12.3. The molecule has 0 bridgehead atoms. The van der Waals surface area contributed by atoms with Gasteiger partial charge in [0.05, 0.1) is 5.75 Å². The SMILES string of the molecule is Cc1ccccc1CNC(=O)c1ccc(CS(=O)(=O)C(F)F)cc1. The minimum atomic E-state index is -4.47. The van der Waals surface area contributed by atoms with Crippen LogP contribution in [0, 0.1) is 6.92 Å². The van der Waals surface area contributed by atoms with Gasteiger partial charge in [-0.1, -0.05) is 36.4 Å². The van der Waals surface area contributed by atoms with Gasteiger partial charge in [0.2, 0.25) is 9.84 Å². The molecule has 0 saturated heterocycles. The summed E-state index contributed by atoms with van der Waals surface area (Å²) in [5.41, 5.74) is 2.60. The van der Waals surface area contributed by atoms with Crippen molar-refractivity contribution in [3.63, 3.8) is 0 Å². The topological polar surface area (TPSA) is 63.2 Å². The molecule has 0 aliphatic heterocycles. The van der Waals surface area contributed by atoms with Crippen LogP contribution < -0.4 is 5.32 Å². The maximum absolute atomic E-state index is 12.3. The van der Waals surface area contributed by atoms with Crippen molar-refractivity contribution in [1.29, 1.82) is 0 Å². The summed E-state index contributed by atoms with van der Waals surface area (Å²) in [6.07, 6.45) is 0. The zero-order valence-corrected chi connectivity index (χ0v) is 13.8. The van der Waals surface area contributed by atoms with Crippen LogP contribution in [0.15, 0.2) is 48.5 Å². The van der Waals surface area contributed by atoms with Crippen molar-refractivity contribution in [2.45, 2.75) is 25.0 Å². The third kappa shape index (κ3) is 4.61. The highest BCUT2D eigenvalue weighted by atomic mass is 32.2. The largest absolute Gasteiger partial charge is 0.348 e. The summed E-state index contributed by atoms with van der Waals surface area (Å²) in [6, 6.07) is 13.2. The first-order chi connectivity index (χ1) is 11.3. The van der Waals surface area contributed by atoms with Crippen molar-refractivity contribution >= 4 is 15.7 Å². The molecule has 0 saturated carbocycles. The predicted octanol–water partition coefficient (Wildman–Crippen LogP) is 3.06. The summed E-state index contributed by atoms with van der Waals surface area (Å²) in [7, 11) is -4.47. The molecule has 7 heteroatoms. The fourth-order valence-corrected chi connectivity index (χ4v) is 2.92. The van der Waals surface area contributed by atoms with Crippen molar-refractivity contribution in [2.24, 2.45) is 0 Å². The number of nitrogens with one attached hydrogen (secondary N) is 1. The van der Waals surface area contributed by atoms with E-state index in [-0.39, 0.29) is 11.5 Å². The van der Waals surface area contributed by atoms with Gasteiger partial charge in [-0.25, -0.2) is 8.42 Å². The molecule has 0 aliphatic rings. The lowest BCUT2D eigenvalue weighted by atomic mass is 10.1. The summed E-state index contributed by atoms with van der Waals surface area (Å²) in [5, 5.41) is 2.76. The minimum absolute atomic E-state index is 0.214. The van der Waals surface area contributed by atoms with Crippen molar-refractivity contribution in [3.05, 3.63) is 70.8 Å². The van der Waals surface area contributed by atoms with Crippen LogP contribution in [-0.4, -0.2) is 20.1 Å². The number of amides is 1. The Bertz CT molecular complexity index is 818. The lowest BCUT2D eigenvalue weighted by molar-refractivity contribution is 0.0951. The van der Waals surface area contributed by atoms with Crippen LogP contribution in [0.2, 0.25) is 0 Å². The summed E-state index contributed by atoms with van der Waals surface area (Å²) < 4.78 is 47.1. The van der Waals surface area contributed by atoms with Gasteiger partial charge in [0, 0.05) is 12.1 Å². The molecular formula is C17H17F2NO3S. The number of hydrogen-bond donors (Lipinski definition) is 1. The Morgan fingerprint density at radius 3 is 2.29 bits per heavy atom. The Labute approximate surface area is 139 Å². The molecule has 2 aromatic carbocycles. The van der Waals surface area contributed by atoms with Crippen LogP contribution in [0.1, 0.15) is 27.0 Å². The second-order valence-electron chi connectivity index (χ2n) is 5.37. The molecule has 2 aromatic rings. The number of aryl methyl sites for hydroxylation is 1. The molecule has 1 N–H and O–H groups in total. The highest BCUT2D eigenvalue weighted by molar-refractivity contribution is 7.90. The Balaban J connectivity index is 2.00. The second-order valence-corrected chi connectivity index (χ2v) is 7.34. The number of carbonyl (C=O) groups excluding carboxylic acids is 1. The van der Waals surface area contributed by atoms with Gasteiger partial charge in [-0.2, -0.15) is 8.78 Å². The van der Waals surface area contributed by atoms with Gasteiger partial charge in [0.25, 0.3) is 5.91 Å². The highest BCUT2D eigenvalue weighted by Crippen LogP contribution is 2.14. The van der Waals surface area contributed by atoms with Gasteiger partial charge < -0.3 is 5.32 Å². The normalized spacial score (nSPS) is 11.5. The number of benzene rings is 2. The molecule has 24 heavy (non-hydrogen) atoms. The average Bonchev–Trinajstić information content (AvgIpc) is 2.54. The third-order valence-corrected chi connectivity index (χ3v) is 4.83. The van der Waals surface area contributed by atoms with Gasteiger partial charge in [0.15, 0.2) is 0 Å². The van der Waals surface area contributed by atoms with Crippen molar-refractivity contribution in [1.82, 2.24) is 5.32 Å². The van der Waals surface area contributed by atoms with Gasteiger partial charge in [0.1, 0.15) is 0 Å². The lowest BCUT2D eigenvalue weighted by Gasteiger charge is -2.08. The molecule has 0 unspecified atom stereocenters. The average molecular weight is 353 g/mol. The second kappa shape index (κ2) is 7.53. The molecule has 128 valence electrons. The van der Waals surface area contributed by atoms with E-state index in [1.54, 1.807) is 0 Å². The molecule has 0 fully saturated rings. The van der Waals surface area contributed by atoms with E-state index >= 15 is 0 Å². The molecule has 2 rings (SSSR count). The number of halogens is 2. The Kier molecular flexibility index (Phi) is 5.66. The van der Waals surface area contributed by atoms with E-state index in [4.69, 9.17) is 0 Å². The number of hydrogen-bond acceptors (Lipinski definition) is 3. The zero-order valence-electron chi connectivity index (χ0n) is 13.0. The Morgan fingerprint density at radius 2 is 1.71 bits per heavy atom. The first-order valence-electron chi connectivity index (χ1n) is 7.21. The van der Waals surface area contributed by atoms with E-state index in [1.807, 2.05) is 31.2 Å². The van der Waals surface area contributed by atoms with E-state index in [1.165, 1.54) is 24.3 Å². The minimum Gasteiger partial charge on any atom is -0.348 e. The van der Waals surface area contributed by atoms with E-state index in [2.05, 4.69) is 5.32 Å². The fourth-order valence-electron chi connectivity index (χ4n) is 2.13. The van der Waals surface area contributed by atoms with Crippen LogP contribution in [0.4, 0.5) is 8.78 Å². The monoisotopic (exact) mass is 353 g/mol. The molecular weight excluding hydrogens is 336 g/mol. The predicted molar refractivity (Wildman–Crippen MR) is 87.4 cm³/mol. The molecule has 0 aromatic heterocycles. The van der Waals surface area contributed by atoms with Gasteiger partial charge in [-0.3, -0.25) is 4.79 Å². The van der Waals surface area contributed by atoms with Gasteiger partial charge >= 0.3 is 5.76 Å². The highest BCUT2D eigenvalue weighted by Gasteiger charge is 2.24. The van der Waals surface area contributed by atoms with E-state index in [9.17, 15) is 22.0 Å². The molecule has 0 radical (unpaired) electrons. The lowest BCUT2D eigenvalue weighted by Crippen LogP contribution is -2.23. The molecule has 0 aliphatic carbocycles. The summed E-state index contributed by atoms with van der Waals surface area (Å²) >= 11 is 0.